The van der Waals surface area contributed by atoms with Gasteiger partial charge >= 0.3 is 5.97 Å². The van der Waals surface area contributed by atoms with Crippen molar-refractivity contribution in [3.8, 4) is 17.3 Å². The summed E-state index contributed by atoms with van der Waals surface area (Å²) < 4.78 is 15.9. The molecule has 0 saturated heterocycles. The first-order valence-corrected chi connectivity index (χ1v) is 10.4. The molecular formula is C25H18FN5O3. The molecule has 0 unspecified atom stereocenters. The highest BCUT2D eigenvalue weighted by Crippen LogP contribution is 2.29. The lowest BCUT2D eigenvalue weighted by atomic mass is 10.0. The zero-order valence-electron chi connectivity index (χ0n) is 17.8. The van der Waals surface area contributed by atoms with Gasteiger partial charge in [0, 0.05) is 29.8 Å². The monoisotopic (exact) mass is 455 g/mol. The van der Waals surface area contributed by atoms with Crippen molar-refractivity contribution in [1.82, 2.24) is 24.7 Å². The van der Waals surface area contributed by atoms with E-state index in [1.54, 1.807) is 28.9 Å². The van der Waals surface area contributed by atoms with Crippen molar-refractivity contribution in [3.05, 3.63) is 101 Å². The number of aromatic nitrogens is 5. The Morgan fingerprint density at radius 2 is 1.79 bits per heavy atom. The molecule has 0 radical (unpaired) electrons. The third-order valence-electron chi connectivity index (χ3n) is 5.49. The maximum absolute atomic E-state index is 14.3. The average molecular weight is 455 g/mol. The van der Waals surface area contributed by atoms with Gasteiger partial charge in [0.05, 0.1) is 29.5 Å². The fraction of sp³-hybridized carbons (Fsp3) is 0.0800. The highest BCUT2D eigenvalue weighted by Gasteiger charge is 2.19. The van der Waals surface area contributed by atoms with Crippen LogP contribution in [0.2, 0.25) is 0 Å². The fourth-order valence-electron chi connectivity index (χ4n) is 3.81. The summed E-state index contributed by atoms with van der Waals surface area (Å²) in [4.78, 5) is 24.2. The summed E-state index contributed by atoms with van der Waals surface area (Å²) >= 11 is 0. The van der Waals surface area contributed by atoms with Gasteiger partial charge < -0.3 is 10.2 Å². The van der Waals surface area contributed by atoms with Crippen LogP contribution in [0.5, 0.6) is 5.75 Å². The van der Waals surface area contributed by atoms with Gasteiger partial charge in [-0.05, 0) is 23.8 Å². The van der Waals surface area contributed by atoms with Crippen LogP contribution < -0.4 is 0 Å². The first-order chi connectivity index (χ1) is 16.5. The van der Waals surface area contributed by atoms with Gasteiger partial charge in [0.1, 0.15) is 11.5 Å². The van der Waals surface area contributed by atoms with E-state index in [-0.39, 0.29) is 41.6 Å². The van der Waals surface area contributed by atoms with Crippen LogP contribution in [0, 0.1) is 5.82 Å². The number of carboxylic acids is 1. The first kappa shape index (κ1) is 21.2. The first-order valence-electron chi connectivity index (χ1n) is 10.4. The van der Waals surface area contributed by atoms with Crippen LogP contribution in [0.15, 0.2) is 73.2 Å². The Hall–Kier alpha value is -4.66. The van der Waals surface area contributed by atoms with Crippen LogP contribution in [0.1, 0.15) is 27.2 Å². The number of halogens is 1. The lowest BCUT2D eigenvalue weighted by Gasteiger charge is -2.08. The van der Waals surface area contributed by atoms with E-state index in [0.29, 0.717) is 16.8 Å². The molecule has 3 heterocycles. The maximum atomic E-state index is 14.3. The number of rotatable bonds is 6. The van der Waals surface area contributed by atoms with Crippen LogP contribution in [-0.4, -0.2) is 40.9 Å². The third-order valence-corrected chi connectivity index (χ3v) is 5.49. The Morgan fingerprint density at radius 1 is 1.00 bits per heavy atom. The minimum Gasteiger partial charge on any atom is -0.504 e. The van der Waals surface area contributed by atoms with E-state index in [2.05, 4.69) is 20.1 Å². The predicted octanol–water partition coefficient (Wildman–Crippen LogP) is 4.07. The van der Waals surface area contributed by atoms with Crippen LogP contribution >= 0.6 is 0 Å². The Labute approximate surface area is 193 Å². The third kappa shape index (κ3) is 3.95. The second-order valence-electron chi connectivity index (χ2n) is 7.66. The second kappa shape index (κ2) is 8.70. The molecule has 5 rings (SSSR count). The molecule has 2 aromatic carbocycles. The molecule has 2 N–H and O–H groups in total. The van der Waals surface area contributed by atoms with E-state index in [4.69, 9.17) is 0 Å². The topological polar surface area (TPSA) is 114 Å². The number of pyridine rings is 1. The van der Waals surface area contributed by atoms with Crippen LogP contribution in [0.3, 0.4) is 0 Å². The number of hydrogen-bond acceptors (Lipinski definition) is 6. The van der Waals surface area contributed by atoms with E-state index in [9.17, 15) is 19.4 Å². The molecule has 34 heavy (non-hydrogen) atoms. The van der Waals surface area contributed by atoms with E-state index in [1.807, 2.05) is 24.3 Å². The van der Waals surface area contributed by atoms with Gasteiger partial charge in [-0.2, -0.15) is 5.10 Å². The number of carboxylic acid groups (broad SMARTS) is 1. The number of para-hydroxylation sites is 1. The van der Waals surface area contributed by atoms with Gasteiger partial charge in [0.2, 0.25) is 0 Å². The molecule has 8 nitrogen and oxygen atoms in total. The molecule has 0 aliphatic rings. The van der Waals surface area contributed by atoms with Crippen molar-refractivity contribution >= 4 is 16.9 Å². The van der Waals surface area contributed by atoms with Gasteiger partial charge in [-0.1, -0.05) is 36.4 Å². The number of carbonyl (C=O) groups is 1. The largest absolute Gasteiger partial charge is 0.504 e. The molecule has 0 atom stereocenters. The van der Waals surface area contributed by atoms with E-state index < -0.39 is 5.97 Å². The summed E-state index contributed by atoms with van der Waals surface area (Å²) in [6.07, 6.45) is 4.08. The number of fused-ring (bicyclic) bond motifs is 1. The van der Waals surface area contributed by atoms with Gasteiger partial charge in [0.25, 0.3) is 0 Å². The lowest BCUT2D eigenvalue weighted by Crippen LogP contribution is -2.06. The summed E-state index contributed by atoms with van der Waals surface area (Å²) in [6, 6.07) is 15.6. The van der Waals surface area contributed by atoms with Gasteiger partial charge in [0.15, 0.2) is 11.6 Å². The van der Waals surface area contributed by atoms with Crippen LogP contribution in [0.4, 0.5) is 4.39 Å². The highest BCUT2D eigenvalue weighted by atomic mass is 19.1. The van der Waals surface area contributed by atoms with Crippen molar-refractivity contribution < 1.29 is 19.4 Å². The van der Waals surface area contributed by atoms with Gasteiger partial charge in [-0.25, -0.2) is 19.2 Å². The van der Waals surface area contributed by atoms with Crippen LogP contribution in [0.25, 0.3) is 22.4 Å². The van der Waals surface area contributed by atoms with E-state index in [1.165, 1.54) is 24.7 Å². The van der Waals surface area contributed by atoms with Crippen LogP contribution in [-0.2, 0) is 13.0 Å². The molecule has 0 aliphatic heterocycles. The SMILES string of the molecule is O=C(O)c1cnccc1Cc1nc(-c2nn(Cc3ccccc3F)c3ccccc23)ncc1O. The average Bonchev–Trinajstić information content (AvgIpc) is 3.21. The molecule has 9 heteroatoms. The summed E-state index contributed by atoms with van der Waals surface area (Å²) in [5, 5.41) is 25.2. The van der Waals surface area contributed by atoms with Gasteiger partial charge in [-0.15, -0.1) is 0 Å². The molecule has 0 saturated carbocycles. The lowest BCUT2D eigenvalue weighted by molar-refractivity contribution is 0.0695. The van der Waals surface area contributed by atoms with E-state index >= 15 is 0 Å². The molecule has 0 bridgehead atoms. The number of nitrogens with zero attached hydrogens (tertiary/aromatic N) is 5. The number of hydrogen-bond donors (Lipinski definition) is 2. The number of aromatic carboxylic acids is 1. The summed E-state index contributed by atoms with van der Waals surface area (Å²) in [6.45, 7) is 0.219. The normalized spacial score (nSPS) is 11.1. The minimum atomic E-state index is -1.12. The summed E-state index contributed by atoms with van der Waals surface area (Å²) in [7, 11) is 0. The number of benzene rings is 2. The minimum absolute atomic E-state index is 0.0293. The molecule has 168 valence electrons. The highest BCUT2D eigenvalue weighted by molar-refractivity contribution is 5.92. The zero-order chi connectivity index (χ0) is 23.7. The van der Waals surface area contributed by atoms with Crippen molar-refractivity contribution in [3.63, 3.8) is 0 Å². The quantitative estimate of drug-likeness (QED) is 0.397. The molecule has 0 spiro atoms. The van der Waals surface area contributed by atoms with Crippen molar-refractivity contribution in [2.24, 2.45) is 0 Å². The second-order valence-corrected chi connectivity index (χ2v) is 7.66. The molecule has 0 aliphatic carbocycles. The van der Waals surface area contributed by atoms with Crippen molar-refractivity contribution in [2.45, 2.75) is 13.0 Å². The standard InChI is InChI=1S/C25H18FN5O3/c26-19-7-3-1-5-16(19)14-31-21-8-4-2-6-17(21)23(30-31)24-28-13-22(32)20(29-24)11-15-9-10-27-12-18(15)25(33)34/h1-10,12-13,32H,11,14H2,(H,33,34). The number of aromatic hydroxyl groups is 1. The Bertz CT molecular complexity index is 1530. The summed E-state index contributed by atoms with van der Waals surface area (Å²) in [5.41, 5.74) is 2.49. The molecule has 0 amide bonds. The molecule has 3 aromatic heterocycles. The van der Waals surface area contributed by atoms with Gasteiger partial charge in [-0.3, -0.25) is 9.67 Å². The molecule has 0 fully saturated rings. The molecule has 5 aromatic rings. The van der Waals surface area contributed by atoms with E-state index in [0.717, 1.165) is 10.9 Å². The zero-order valence-corrected chi connectivity index (χ0v) is 17.8. The fourth-order valence-corrected chi connectivity index (χ4v) is 3.81. The Balaban J connectivity index is 1.57. The smallest absolute Gasteiger partial charge is 0.337 e. The Morgan fingerprint density at radius 3 is 2.62 bits per heavy atom. The Kier molecular flexibility index (Phi) is 5.43. The molecular weight excluding hydrogens is 437 g/mol. The predicted molar refractivity (Wildman–Crippen MR) is 122 cm³/mol. The summed E-state index contributed by atoms with van der Waals surface area (Å²) in [5.74, 6) is -1.33. The van der Waals surface area contributed by atoms with Crippen molar-refractivity contribution in [1.29, 1.82) is 0 Å². The maximum Gasteiger partial charge on any atom is 0.337 e. The van der Waals surface area contributed by atoms with Crippen molar-refractivity contribution in [2.75, 3.05) is 0 Å².